The largest absolute Gasteiger partial charge is 0.352 e. The molecule has 0 aromatic heterocycles. The van der Waals surface area contributed by atoms with Crippen LogP contribution in [0.3, 0.4) is 0 Å². The SMILES string of the molecule is Cc1cccc(CN(C(=O)CCCN(c2ccc(F)cc2)S(C)(=O)=O)[C@H](Cc2ccccc2)C(=O)NC2CCCC2)c1. The fraction of sp³-hybridized carbons (Fsp3) is 0.394. The Labute approximate surface area is 248 Å². The highest BCUT2D eigenvalue weighted by atomic mass is 32.2. The monoisotopic (exact) mass is 593 g/mol. The van der Waals surface area contributed by atoms with Gasteiger partial charge in [-0.2, -0.15) is 0 Å². The molecule has 1 atom stereocenters. The normalized spacial score (nSPS) is 14.4. The van der Waals surface area contributed by atoms with Gasteiger partial charge < -0.3 is 10.2 Å². The summed E-state index contributed by atoms with van der Waals surface area (Å²) < 4.78 is 39.7. The maximum absolute atomic E-state index is 13.9. The van der Waals surface area contributed by atoms with E-state index in [9.17, 15) is 22.4 Å². The second-order valence-corrected chi connectivity index (χ2v) is 13.0. The number of rotatable bonds is 13. The van der Waals surface area contributed by atoms with E-state index in [2.05, 4.69) is 5.32 Å². The molecule has 1 saturated carbocycles. The minimum absolute atomic E-state index is 0.0427. The van der Waals surface area contributed by atoms with Crippen molar-refractivity contribution in [2.45, 2.75) is 70.5 Å². The Morgan fingerprint density at radius 3 is 2.26 bits per heavy atom. The van der Waals surface area contributed by atoms with E-state index in [1.165, 1.54) is 28.6 Å². The first-order valence-electron chi connectivity index (χ1n) is 14.5. The van der Waals surface area contributed by atoms with Crippen molar-refractivity contribution in [1.82, 2.24) is 10.2 Å². The highest BCUT2D eigenvalue weighted by molar-refractivity contribution is 7.92. The van der Waals surface area contributed by atoms with Gasteiger partial charge in [0.1, 0.15) is 11.9 Å². The second-order valence-electron chi connectivity index (χ2n) is 11.1. The summed E-state index contributed by atoms with van der Waals surface area (Å²) >= 11 is 0. The van der Waals surface area contributed by atoms with Gasteiger partial charge in [0.25, 0.3) is 0 Å². The van der Waals surface area contributed by atoms with Crippen LogP contribution < -0.4 is 9.62 Å². The van der Waals surface area contributed by atoms with E-state index in [0.717, 1.165) is 48.6 Å². The molecule has 224 valence electrons. The van der Waals surface area contributed by atoms with Gasteiger partial charge in [0, 0.05) is 32.0 Å². The predicted octanol–water partition coefficient (Wildman–Crippen LogP) is 5.38. The summed E-state index contributed by atoms with van der Waals surface area (Å²) in [5, 5.41) is 3.20. The third-order valence-corrected chi connectivity index (χ3v) is 8.87. The number of nitrogens with zero attached hydrogens (tertiary/aromatic N) is 2. The van der Waals surface area contributed by atoms with E-state index in [1.54, 1.807) is 4.90 Å². The van der Waals surface area contributed by atoms with E-state index in [1.807, 2.05) is 61.5 Å². The Morgan fingerprint density at radius 1 is 0.952 bits per heavy atom. The minimum atomic E-state index is -3.66. The van der Waals surface area contributed by atoms with E-state index >= 15 is 0 Å². The molecule has 0 heterocycles. The molecule has 42 heavy (non-hydrogen) atoms. The molecule has 2 amide bonds. The summed E-state index contributed by atoms with van der Waals surface area (Å²) in [6, 6.07) is 22.1. The minimum Gasteiger partial charge on any atom is -0.352 e. The smallest absolute Gasteiger partial charge is 0.243 e. The van der Waals surface area contributed by atoms with Gasteiger partial charge in [0.05, 0.1) is 11.9 Å². The summed E-state index contributed by atoms with van der Waals surface area (Å²) in [5.74, 6) is -0.864. The van der Waals surface area contributed by atoms with Gasteiger partial charge in [-0.05, 0) is 61.6 Å². The van der Waals surface area contributed by atoms with Crippen molar-refractivity contribution in [3.8, 4) is 0 Å². The number of nitrogens with one attached hydrogen (secondary N) is 1. The molecule has 1 fully saturated rings. The number of anilines is 1. The van der Waals surface area contributed by atoms with Crippen LogP contribution in [0.25, 0.3) is 0 Å². The van der Waals surface area contributed by atoms with Crippen LogP contribution >= 0.6 is 0 Å². The molecule has 0 aliphatic heterocycles. The van der Waals surface area contributed by atoms with Crippen LogP contribution in [-0.2, 0) is 32.6 Å². The van der Waals surface area contributed by atoms with Crippen LogP contribution in [0.1, 0.15) is 55.2 Å². The lowest BCUT2D eigenvalue weighted by molar-refractivity contribution is -0.141. The summed E-state index contributed by atoms with van der Waals surface area (Å²) in [4.78, 5) is 29.4. The first-order valence-corrected chi connectivity index (χ1v) is 16.4. The van der Waals surface area contributed by atoms with Crippen molar-refractivity contribution >= 4 is 27.5 Å². The van der Waals surface area contributed by atoms with Gasteiger partial charge in [-0.15, -0.1) is 0 Å². The molecule has 0 radical (unpaired) electrons. The molecule has 0 saturated heterocycles. The molecule has 3 aromatic carbocycles. The number of aryl methyl sites for hydroxylation is 1. The van der Waals surface area contributed by atoms with Gasteiger partial charge in [0.2, 0.25) is 21.8 Å². The van der Waals surface area contributed by atoms with Crippen molar-refractivity contribution in [2.24, 2.45) is 0 Å². The average molecular weight is 594 g/mol. The van der Waals surface area contributed by atoms with Crippen LogP contribution in [-0.4, -0.2) is 50.0 Å². The Bertz CT molecular complexity index is 1440. The van der Waals surface area contributed by atoms with Crippen LogP contribution in [0.2, 0.25) is 0 Å². The number of carbonyl (C=O) groups excluding carboxylic acids is 2. The summed E-state index contributed by atoms with van der Waals surface area (Å²) in [7, 11) is -3.66. The lowest BCUT2D eigenvalue weighted by Crippen LogP contribution is -2.52. The Hall–Kier alpha value is -3.72. The highest BCUT2D eigenvalue weighted by Gasteiger charge is 2.32. The number of hydrogen-bond donors (Lipinski definition) is 1. The summed E-state index contributed by atoms with van der Waals surface area (Å²) in [6.45, 7) is 2.29. The van der Waals surface area contributed by atoms with Gasteiger partial charge in [0.15, 0.2) is 0 Å². The molecular formula is C33H40FN3O4S. The van der Waals surface area contributed by atoms with Crippen molar-refractivity contribution in [2.75, 3.05) is 17.1 Å². The third-order valence-electron chi connectivity index (χ3n) is 7.67. The summed E-state index contributed by atoms with van der Waals surface area (Å²) in [5.41, 5.74) is 3.25. The van der Waals surface area contributed by atoms with Gasteiger partial charge in [-0.1, -0.05) is 73.0 Å². The first-order chi connectivity index (χ1) is 20.1. The quantitative estimate of drug-likeness (QED) is 0.288. The third kappa shape index (κ3) is 8.89. The molecule has 1 aliphatic carbocycles. The summed E-state index contributed by atoms with van der Waals surface area (Å²) in [6.07, 6.45) is 5.74. The Morgan fingerprint density at radius 2 is 1.62 bits per heavy atom. The standard InChI is InChI=1S/C33H40FN3O4S/c1-25-10-8-13-27(22-25)24-36(31(23-26-11-4-3-5-12-26)33(39)35-29-14-6-7-15-29)32(38)16-9-21-37(42(2,40)41)30-19-17-28(34)18-20-30/h3-5,8,10-13,17-20,22,29,31H,6-7,9,14-16,21,23-24H2,1-2H3,(H,35,39)/t31-/m1/s1. The second kappa shape index (κ2) is 14.4. The van der Waals surface area contributed by atoms with E-state index in [4.69, 9.17) is 0 Å². The zero-order valence-corrected chi connectivity index (χ0v) is 25.2. The number of hydrogen-bond acceptors (Lipinski definition) is 4. The molecule has 0 spiro atoms. The Balaban J connectivity index is 1.58. The topological polar surface area (TPSA) is 86.8 Å². The number of carbonyl (C=O) groups is 2. The maximum Gasteiger partial charge on any atom is 0.243 e. The first kappa shape index (κ1) is 31.2. The van der Waals surface area contributed by atoms with E-state index in [-0.39, 0.29) is 43.8 Å². The lowest BCUT2D eigenvalue weighted by Gasteiger charge is -2.33. The molecule has 1 aliphatic rings. The van der Waals surface area contributed by atoms with Gasteiger partial charge >= 0.3 is 0 Å². The van der Waals surface area contributed by atoms with Crippen LogP contribution in [0.4, 0.5) is 10.1 Å². The highest BCUT2D eigenvalue weighted by Crippen LogP contribution is 2.22. The van der Waals surface area contributed by atoms with Gasteiger partial charge in [-0.3, -0.25) is 13.9 Å². The number of benzene rings is 3. The van der Waals surface area contributed by atoms with Crippen LogP contribution in [0, 0.1) is 12.7 Å². The van der Waals surface area contributed by atoms with Gasteiger partial charge in [-0.25, -0.2) is 12.8 Å². The number of amides is 2. The van der Waals surface area contributed by atoms with Crippen molar-refractivity contribution in [3.63, 3.8) is 0 Å². The Kier molecular flexibility index (Phi) is 10.7. The lowest BCUT2D eigenvalue weighted by atomic mass is 10.0. The molecular weight excluding hydrogens is 553 g/mol. The molecule has 1 N–H and O–H groups in total. The fourth-order valence-corrected chi connectivity index (χ4v) is 6.51. The maximum atomic E-state index is 13.9. The van der Waals surface area contributed by atoms with Crippen LogP contribution in [0.15, 0.2) is 78.9 Å². The molecule has 7 nitrogen and oxygen atoms in total. The van der Waals surface area contributed by atoms with Crippen molar-refractivity contribution in [1.29, 1.82) is 0 Å². The molecule has 0 unspecified atom stereocenters. The zero-order chi connectivity index (χ0) is 30.1. The van der Waals surface area contributed by atoms with Crippen molar-refractivity contribution in [3.05, 3.63) is 101 Å². The fourth-order valence-electron chi connectivity index (χ4n) is 5.54. The molecule has 3 aromatic rings. The molecule has 9 heteroatoms. The number of sulfonamides is 1. The van der Waals surface area contributed by atoms with E-state index < -0.39 is 21.9 Å². The van der Waals surface area contributed by atoms with Crippen molar-refractivity contribution < 1.29 is 22.4 Å². The molecule has 4 rings (SSSR count). The number of halogens is 1. The molecule has 0 bridgehead atoms. The zero-order valence-electron chi connectivity index (χ0n) is 24.3. The van der Waals surface area contributed by atoms with Crippen LogP contribution in [0.5, 0.6) is 0 Å². The van der Waals surface area contributed by atoms with E-state index in [0.29, 0.717) is 12.1 Å². The average Bonchev–Trinajstić information content (AvgIpc) is 3.46. The predicted molar refractivity (Wildman–Crippen MR) is 164 cm³/mol.